The molecule has 0 aliphatic rings. The van der Waals surface area contributed by atoms with Crippen molar-refractivity contribution >= 4 is 24.7 Å². The minimum Gasteiger partial charge on any atom is -0.458 e. The molecule has 0 saturated carbocycles. The molecular weight excluding hydrogens is 188 g/mol. The molecule has 0 aromatic heterocycles. The fraction of sp³-hybridized carbons (Fsp3) is 1.00. The van der Waals surface area contributed by atoms with Gasteiger partial charge in [0.2, 0.25) is 0 Å². The van der Waals surface area contributed by atoms with Crippen LogP contribution in [0.2, 0.25) is 39.3 Å². The summed E-state index contributed by atoms with van der Waals surface area (Å²) >= 11 is 0. The van der Waals surface area contributed by atoms with Gasteiger partial charge in [-0.1, -0.05) is 0 Å². The smallest absolute Gasteiger partial charge is 0.199 e. The van der Waals surface area contributed by atoms with Crippen molar-refractivity contribution in [1.29, 1.82) is 0 Å². The van der Waals surface area contributed by atoms with Crippen molar-refractivity contribution in [3.63, 3.8) is 0 Å². The molecule has 0 fully saturated rings. The lowest BCUT2D eigenvalue weighted by molar-refractivity contribution is 0.533. The van der Waals surface area contributed by atoms with Gasteiger partial charge in [0.25, 0.3) is 0 Å². The Kier molecular flexibility index (Phi) is 3.71. The highest BCUT2D eigenvalue weighted by molar-refractivity contribution is 7.35. The second-order valence-electron chi connectivity index (χ2n) is 4.24. The molecule has 0 aliphatic heterocycles. The first-order chi connectivity index (χ1) is 4.67. The van der Waals surface area contributed by atoms with Gasteiger partial charge >= 0.3 is 0 Å². The third-order valence-corrected chi connectivity index (χ3v) is 19.1. The van der Waals surface area contributed by atoms with Gasteiger partial charge in [-0.05, 0) is 39.3 Å². The lowest BCUT2D eigenvalue weighted by Crippen LogP contribution is -2.58. The van der Waals surface area contributed by atoms with E-state index < -0.39 is 24.7 Å². The van der Waals surface area contributed by atoms with E-state index in [1.54, 1.807) is 0 Å². The highest BCUT2D eigenvalue weighted by Gasteiger charge is 2.42. The predicted molar refractivity (Wildman–Crippen MR) is 57.1 cm³/mol. The fourth-order valence-corrected chi connectivity index (χ4v) is 11.3. The minimum absolute atomic E-state index is 0.959. The van der Waals surface area contributed by atoms with Gasteiger partial charge in [-0.25, -0.2) is 0 Å². The molecule has 11 heavy (non-hydrogen) atoms. The van der Waals surface area contributed by atoms with E-state index in [4.69, 9.17) is 4.12 Å². The SMILES string of the molecule is C[SiH](C)O[Si](C)(C)[Si](C)(C)O. The van der Waals surface area contributed by atoms with Crippen molar-refractivity contribution in [2.75, 3.05) is 0 Å². The molecule has 0 spiro atoms. The molecule has 5 heteroatoms. The van der Waals surface area contributed by atoms with E-state index in [-0.39, 0.29) is 0 Å². The summed E-state index contributed by atoms with van der Waals surface area (Å²) in [5, 5.41) is 0. The molecule has 0 aliphatic carbocycles. The first-order valence-corrected chi connectivity index (χ1v) is 13.7. The molecule has 0 aromatic carbocycles. The van der Waals surface area contributed by atoms with Gasteiger partial charge in [0, 0.05) is 0 Å². The van der Waals surface area contributed by atoms with Gasteiger partial charge in [0.05, 0.1) is 0 Å². The Morgan fingerprint density at radius 3 is 1.55 bits per heavy atom. The van der Waals surface area contributed by atoms with Gasteiger partial charge in [0.15, 0.2) is 24.7 Å². The quantitative estimate of drug-likeness (QED) is 0.712. The third-order valence-electron chi connectivity index (χ3n) is 2.00. The van der Waals surface area contributed by atoms with Crippen molar-refractivity contribution in [1.82, 2.24) is 0 Å². The summed E-state index contributed by atoms with van der Waals surface area (Å²) in [6.45, 7) is 12.5. The van der Waals surface area contributed by atoms with Crippen molar-refractivity contribution in [2.45, 2.75) is 39.3 Å². The summed E-state index contributed by atoms with van der Waals surface area (Å²) in [4.78, 5) is 9.89. The summed E-state index contributed by atoms with van der Waals surface area (Å²) in [7, 11) is -4.67. The second kappa shape index (κ2) is 3.53. The Balaban J connectivity index is 4.22. The maximum Gasteiger partial charge on any atom is 0.199 e. The van der Waals surface area contributed by atoms with Crippen LogP contribution in [0.3, 0.4) is 0 Å². The van der Waals surface area contributed by atoms with Crippen LogP contribution in [0, 0.1) is 0 Å². The van der Waals surface area contributed by atoms with E-state index in [0.29, 0.717) is 0 Å². The van der Waals surface area contributed by atoms with Crippen LogP contribution in [0.25, 0.3) is 0 Å². The molecule has 68 valence electrons. The van der Waals surface area contributed by atoms with Crippen molar-refractivity contribution in [3.8, 4) is 0 Å². The maximum absolute atomic E-state index is 9.89. The highest BCUT2D eigenvalue weighted by atomic mass is 29.3. The predicted octanol–water partition coefficient (Wildman–Crippen LogP) is 1.47. The van der Waals surface area contributed by atoms with E-state index in [1.807, 2.05) is 13.1 Å². The summed E-state index contributed by atoms with van der Waals surface area (Å²) in [6, 6.07) is 0. The van der Waals surface area contributed by atoms with Crippen LogP contribution in [0.15, 0.2) is 0 Å². The largest absolute Gasteiger partial charge is 0.458 e. The summed E-state index contributed by atoms with van der Waals surface area (Å²) < 4.78 is 5.89. The van der Waals surface area contributed by atoms with E-state index >= 15 is 0 Å². The lowest BCUT2D eigenvalue weighted by Gasteiger charge is -2.34. The van der Waals surface area contributed by atoms with E-state index in [2.05, 4.69) is 26.2 Å². The van der Waals surface area contributed by atoms with Crippen LogP contribution >= 0.6 is 0 Å². The van der Waals surface area contributed by atoms with Crippen LogP contribution in [-0.4, -0.2) is 29.5 Å². The zero-order valence-corrected chi connectivity index (χ0v) is 11.6. The highest BCUT2D eigenvalue weighted by Crippen LogP contribution is 2.17. The molecular formula is C6H20O2Si3. The molecule has 0 rings (SSSR count). The van der Waals surface area contributed by atoms with Crippen molar-refractivity contribution in [2.24, 2.45) is 0 Å². The van der Waals surface area contributed by atoms with Gasteiger partial charge in [-0.2, -0.15) is 0 Å². The molecule has 2 nitrogen and oxygen atoms in total. The van der Waals surface area contributed by atoms with Crippen molar-refractivity contribution < 1.29 is 8.91 Å². The molecule has 1 N–H and O–H groups in total. The monoisotopic (exact) mass is 208 g/mol. The first kappa shape index (κ1) is 11.6. The topological polar surface area (TPSA) is 29.5 Å². The molecule has 0 unspecified atom stereocenters. The van der Waals surface area contributed by atoms with Crippen LogP contribution in [0.1, 0.15) is 0 Å². The molecule has 0 heterocycles. The normalized spacial score (nSPS) is 14.2. The second-order valence-corrected chi connectivity index (χ2v) is 20.7. The number of hydrogen-bond acceptors (Lipinski definition) is 2. The van der Waals surface area contributed by atoms with E-state index in [1.165, 1.54) is 0 Å². The van der Waals surface area contributed by atoms with E-state index in [9.17, 15) is 4.80 Å². The minimum atomic E-state index is -2.00. The molecule has 0 bridgehead atoms. The molecule has 0 amide bonds. The zero-order chi connectivity index (χ0) is 9.28. The molecule has 0 saturated heterocycles. The zero-order valence-electron chi connectivity index (χ0n) is 8.43. The van der Waals surface area contributed by atoms with E-state index in [0.717, 1.165) is 0 Å². The van der Waals surface area contributed by atoms with Crippen LogP contribution in [0.4, 0.5) is 0 Å². The van der Waals surface area contributed by atoms with Crippen LogP contribution in [0.5, 0.6) is 0 Å². The standard InChI is InChI=1S/C6H20O2Si3/c1-9(2)8-11(5,6)10(3,4)7/h7,9H,1-6H3. The Labute approximate surface area is 73.4 Å². The third kappa shape index (κ3) is 3.66. The van der Waals surface area contributed by atoms with Crippen LogP contribution < -0.4 is 0 Å². The van der Waals surface area contributed by atoms with Crippen LogP contribution in [-0.2, 0) is 4.12 Å². The van der Waals surface area contributed by atoms with Gasteiger partial charge in [-0.15, -0.1) is 0 Å². The Morgan fingerprint density at radius 1 is 1.09 bits per heavy atom. The maximum atomic E-state index is 9.89. The molecule has 0 radical (unpaired) electrons. The summed E-state index contributed by atoms with van der Waals surface area (Å²) in [6.07, 6.45) is 0. The number of hydrogen-bond donors (Lipinski definition) is 1. The summed E-state index contributed by atoms with van der Waals surface area (Å²) in [5.74, 6) is 0. The Morgan fingerprint density at radius 2 is 1.45 bits per heavy atom. The Bertz CT molecular complexity index is 128. The summed E-state index contributed by atoms with van der Waals surface area (Å²) in [5.41, 5.74) is 0. The van der Waals surface area contributed by atoms with Gasteiger partial charge in [0.1, 0.15) is 0 Å². The first-order valence-electron chi connectivity index (χ1n) is 4.07. The average Bonchev–Trinajstić information content (AvgIpc) is 1.56. The van der Waals surface area contributed by atoms with Crippen molar-refractivity contribution in [3.05, 3.63) is 0 Å². The lowest BCUT2D eigenvalue weighted by atomic mass is 11.9. The number of rotatable bonds is 3. The molecule has 0 aromatic rings. The Hall–Kier alpha value is 0.571. The fourth-order valence-electron chi connectivity index (χ4n) is 0.733. The van der Waals surface area contributed by atoms with Gasteiger partial charge < -0.3 is 8.91 Å². The van der Waals surface area contributed by atoms with Gasteiger partial charge in [-0.3, -0.25) is 0 Å². The molecule has 0 atom stereocenters. The average molecular weight is 208 g/mol.